The standard InChI is InChI=1S/C15H25N5/c1-11-5-6-12(13(16)17)14(18-11)19-7-9-20(10-8-19)15(2,3)4/h5-6H,7-10H2,1-4H3,(H3,16,17). The molecule has 0 spiro atoms. The number of nitrogens with one attached hydrogen (secondary N) is 1. The number of hydrogen-bond donors (Lipinski definition) is 2. The lowest BCUT2D eigenvalue weighted by Gasteiger charge is -2.43. The van der Waals surface area contributed by atoms with Crippen LogP contribution in [0.5, 0.6) is 0 Å². The maximum atomic E-state index is 7.70. The van der Waals surface area contributed by atoms with E-state index in [1.54, 1.807) is 0 Å². The second kappa shape index (κ2) is 5.40. The van der Waals surface area contributed by atoms with Gasteiger partial charge in [0, 0.05) is 37.4 Å². The van der Waals surface area contributed by atoms with Crippen LogP contribution in [0.15, 0.2) is 12.1 Å². The lowest BCUT2D eigenvalue weighted by molar-refractivity contribution is 0.128. The minimum Gasteiger partial charge on any atom is -0.384 e. The fraction of sp³-hybridized carbons (Fsp3) is 0.600. The topological polar surface area (TPSA) is 69.2 Å². The number of rotatable bonds is 2. The molecule has 0 aromatic carbocycles. The summed E-state index contributed by atoms with van der Waals surface area (Å²) in [7, 11) is 0. The van der Waals surface area contributed by atoms with Gasteiger partial charge in [-0.3, -0.25) is 10.3 Å². The van der Waals surface area contributed by atoms with Gasteiger partial charge in [0.2, 0.25) is 0 Å². The van der Waals surface area contributed by atoms with Crippen LogP contribution in [0.1, 0.15) is 32.0 Å². The van der Waals surface area contributed by atoms with Gasteiger partial charge in [-0.25, -0.2) is 4.98 Å². The van der Waals surface area contributed by atoms with Crippen LogP contribution in [0.2, 0.25) is 0 Å². The van der Waals surface area contributed by atoms with Crippen molar-refractivity contribution in [3.63, 3.8) is 0 Å². The Morgan fingerprint density at radius 1 is 1.20 bits per heavy atom. The zero-order valence-electron chi connectivity index (χ0n) is 12.9. The van der Waals surface area contributed by atoms with Gasteiger partial charge in [-0.1, -0.05) is 0 Å². The summed E-state index contributed by atoms with van der Waals surface area (Å²) in [6.07, 6.45) is 0. The molecule has 1 aliphatic heterocycles. The van der Waals surface area contributed by atoms with Gasteiger partial charge >= 0.3 is 0 Å². The molecular formula is C15H25N5. The summed E-state index contributed by atoms with van der Waals surface area (Å²) < 4.78 is 0. The normalized spacial score (nSPS) is 17.3. The summed E-state index contributed by atoms with van der Waals surface area (Å²) in [5.74, 6) is 0.941. The molecule has 0 saturated carbocycles. The molecule has 1 aromatic heterocycles. The van der Waals surface area contributed by atoms with E-state index in [1.807, 2.05) is 19.1 Å². The van der Waals surface area contributed by atoms with Crippen molar-refractivity contribution in [2.24, 2.45) is 5.73 Å². The SMILES string of the molecule is Cc1ccc(C(=N)N)c(N2CCN(C(C)(C)C)CC2)n1. The highest BCUT2D eigenvalue weighted by atomic mass is 15.3. The first-order valence-corrected chi connectivity index (χ1v) is 7.11. The minimum atomic E-state index is 0.0887. The Balaban J connectivity index is 2.18. The molecule has 1 saturated heterocycles. The number of aromatic nitrogens is 1. The molecule has 0 atom stereocenters. The quantitative estimate of drug-likeness (QED) is 0.635. The predicted octanol–water partition coefficient (Wildman–Crippen LogP) is 1.59. The molecule has 3 N–H and O–H groups in total. The number of hydrogen-bond acceptors (Lipinski definition) is 4. The van der Waals surface area contributed by atoms with Crippen molar-refractivity contribution in [3.05, 3.63) is 23.4 Å². The molecule has 1 aromatic rings. The van der Waals surface area contributed by atoms with E-state index < -0.39 is 0 Å². The Kier molecular flexibility index (Phi) is 3.99. The summed E-state index contributed by atoms with van der Waals surface area (Å²) in [5, 5.41) is 7.70. The van der Waals surface area contributed by atoms with Crippen LogP contribution >= 0.6 is 0 Å². The molecule has 0 radical (unpaired) electrons. The van der Waals surface area contributed by atoms with Gasteiger partial charge in [0.25, 0.3) is 0 Å². The van der Waals surface area contributed by atoms with Gasteiger partial charge in [0.1, 0.15) is 11.7 Å². The van der Waals surface area contributed by atoms with E-state index in [9.17, 15) is 0 Å². The minimum absolute atomic E-state index is 0.0887. The number of pyridine rings is 1. The third-order valence-electron chi connectivity index (χ3n) is 3.83. The average Bonchev–Trinajstić information content (AvgIpc) is 2.37. The Morgan fingerprint density at radius 2 is 1.80 bits per heavy atom. The van der Waals surface area contributed by atoms with Crippen LogP contribution in [0, 0.1) is 12.3 Å². The fourth-order valence-electron chi connectivity index (χ4n) is 2.58. The average molecular weight is 275 g/mol. The van der Waals surface area contributed by atoms with Gasteiger partial charge in [0.05, 0.1) is 5.56 Å². The molecule has 5 heteroatoms. The van der Waals surface area contributed by atoms with E-state index in [2.05, 4.69) is 35.6 Å². The highest BCUT2D eigenvalue weighted by Crippen LogP contribution is 2.22. The number of anilines is 1. The van der Waals surface area contributed by atoms with Crippen molar-refractivity contribution in [2.45, 2.75) is 33.2 Å². The Morgan fingerprint density at radius 3 is 2.30 bits per heavy atom. The van der Waals surface area contributed by atoms with E-state index in [0.29, 0.717) is 0 Å². The summed E-state index contributed by atoms with van der Waals surface area (Å²) in [6, 6.07) is 3.81. The highest BCUT2D eigenvalue weighted by molar-refractivity contribution is 5.99. The van der Waals surface area contributed by atoms with Crippen molar-refractivity contribution in [1.29, 1.82) is 5.41 Å². The molecular weight excluding hydrogens is 250 g/mol. The number of nitrogens with zero attached hydrogens (tertiary/aromatic N) is 3. The zero-order valence-corrected chi connectivity index (χ0v) is 12.9. The largest absolute Gasteiger partial charge is 0.384 e. The van der Waals surface area contributed by atoms with Crippen LogP contribution in [0.3, 0.4) is 0 Å². The van der Waals surface area contributed by atoms with E-state index in [0.717, 1.165) is 43.3 Å². The third-order valence-corrected chi connectivity index (χ3v) is 3.83. The molecule has 0 aliphatic carbocycles. The molecule has 5 nitrogen and oxygen atoms in total. The maximum Gasteiger partial charge on any atom is 0.139 e. The second-order valence-electron chi connectivity index (χ2n) is 6.38. The molecule has 110 valence electrons. The molecule has 0 unspecified atom stereocenters. The Hall–Kier alpha value is -1.62. The number of nitrogens with two attached hydrogens (primary N) is 1. The van der Waals surface area contributed by atoms with Crippen molar-refractivity contribution in [1.82, 2.24) is 9.88 Å². The van der Waals surface area contributed by atoms with E-state index in [-0.39, 0.29) is 11.4 Å². The Labute approximate surface area is 121 Å². The van der Waals surface area contributed by atoms with Crippen molar-refractivity contribution >= 4 is 11.7 Å². The lowest BCUT2D eigenvalue weighted by atomic mass is 10.0. The highest BCUT2D eigenvalue weighted by Gasteiger charge is 2.27. The van der Waals surface area contributed by atoms with Crippen molar-refractivity contribution in [3.8, 4) is 0 Å². The van der Waals surface area contributed by atoms with Crippen LogP contribution in [-0.4, -0.2) is 47.4 Å². The summed E-state index contributed by atoms with van der Waals surface area (Å²) in [5.41, 5.74) is 7.58. The first-order chi connectivity index (χ1) is 9.29. The van der Waals surface area contributed by atoms with E-state index in [4.69, 9.17) is 11.1 Å². The van der Waals surface area contributed by atoms with Crippen LogP contribution in [-0.2, 0) is 0 Å². The van der Waals surface area contributed by atoms with Crippen LogP contribution in [0.25, 0.3) is 0 Å². The molecule has 0 bridgehead atoms. The molecule has 2 heterocycles. The summed E-state index contributed by atoms with van der Waals surface area (Å²) in [6.45, 7) is 12.6. The van der Waals surface area contributed by atoms with Crippen LogP contribution < -0.4 is 10.6 Å². The number of nitrogen functional groups attached to an aromatic ring is 1. The first-order valence-electron chi connectivity index (χ1n) is 7.11. The second-order valence-corrected chi connectivity index (χ2v) is 6.38. The van der Waals surface area contributed by atoms with Crippen LogP contribution in [0.4, 0.5) is 5.82 Å². The zero-order chi connectivity index (χ0) is 14.9. The third kappa shape index (κ3) is 3.10. The summed E-state index contributed by atoms with van der Waals surface area (Å²) in [4.78, 5) is 9.31. The maximum absolute atomic E-state index is 7.70. The summed E-state index contributed by atoms with van der Waals surface area (Å²) >= 11 is 0. The molecule has 1 fully saturated rings. The van der Waals surface area contributed by atoms with Gasteiger partial charge in [-0.05, 0) is 39.8 Å². The number of amidine groups is 1. The lowest BCUT2D eigenvalue weighted by Crippen LogP contribution is -2.53. The first kappa shape index (κ1) is 14.8. The molecule has 1 aliphatic rings. The molecule has 2 rings (SSSR count). The van der Waals surface area contributed by atoms with Gasteiger partial charge < -0.3 is 10.6 Å². The fourth-order valence-corrected chi connectivity index (χ4v) is 2.58. The smallest absolute Gasteiger partial charge is 0.139 e. The van der Waals surface area contributed by atoms with Crippen molar-refractivity contribution < 1.29 is 0 Å². The van der Waals surface area contributed by atoms with Gasteiger partial charge in [-0.2, -0.15) is 0 Å². The van der Waals surface area contributed by atoms with E-state index >= 15 is 0 Å². The van der Waals surface area contributed by atoms with E-state index in [1.165, 1.54) is 0 Å². The Bertz CT molecular complexity index is 495. The predicted molar refractivity (Wildman–Crippen MR) is 83.5 cm³/mol. The monoisotopic (exact) mass is 275 g/mol. The number of aryl methyl sites for hydroxylation is 1. The van der Waals surface area contributed by atoms with Crippen molar-refractivity contribution in [2.75, 3.05) is 31.1 Å². The van der Waals surface area contributed by atoms with Gasteiger partial charge in [-0.15, -0.1) is 0 Å². The molecule has 20 heavy (non-hydrogen) atoms. The molecule has 0 amide bonds. The van der Waals surface area contributed by atoms with Gasteiger partial charge in [0.15, 0.2) is 0 Å². The number of piperazine rings is 1.